The van der Waals surface area contributed by atoms with Crippen molar-refractivity contribution in [2.45, 2.75) is 51.9 Å². The number of halogens is 1. The molecular weight excluding hydrogens is 478 g/mol. The lowest BCUT2D eigenvalue weighted by atomic mass is 9.89. The van der Waals surface area contributed by atoms with Crippen LogP contribution in [-0.4, -0.2) is 39.6 Å². The summed E-state index contributed by atoms with van der Waals surface area (Å²) in [7, 11) is 0. The van der Waals surface area contributed by atoms with Crippen molar-refractivity contribution < 1.29 is 14.6 Å². The molecule has 11 heteroatoms. The predicted octanol–water partition coefficient (Wildman–Crippen LogP) is 3.85. The third-order valence-corrected chi connectivity index (χ3v) is 6.18. The number of nitrogens with two attached hydrogens (primary N) is 1. The van der Waals surface area contributed by atoms with Gasteiger partial charge in [-0.25, -0.2) is 14.6 Å². The van der Waals surface area contributed by atoms with Gasteiger partial charge in [-0.05, 0) is 54.2 Å². The maximum absolute atomic E-state index is 12.2. The summed E-state index contributed by atoms with van der Waals surface area (Å²) in [5, 5.41) is 20.3. The molecule has 1 heterocycles. The van der Waals surface area contributed by atoms with Crippen molar-refractivity contribution >= 4 is 45.0 Å². The zero-order valence-electron chi connectivity index (χ0n) is 18.0. The number of hydrogen-bond donors (Lipinski definition) is 4. The van der Waals surface area contributed by atoms with E-state index in [1.54, 1.807) is 0 Å². The number of carbonyl (C=O) groups excluding carboxylic acids is 1. The Balaban J connectivity index is 1.55. The van der Waals surface area contributed by atoms with Crippen LogP contribution in [0.5, 0.6) is 0 Å². The number of nitrogens with one attached hydrogen (secondary N) is 2. The second-order valence-electron chi connectivity index (χ2n) is 7.77. The predicted molar refractivity (Wildman–Crippen MR) is 125 cm³/mol. The second-order valence-corrected chi connectivity index (χ2v) is 8.63. The molecule has 1 fully saturated rings. The van der Waals surface area contributed by atoms with Crippen molar-refractivity contribution in [2.75, 3.05) is 11.9 Å². The summed E-state index contributed by atoms with van der Waals surface area (Å²) in [5.74, 6) is 0.664. The average molecular weight is 506 g/mol. The molecule has 3 rings (SSSR count). The molecule has 172 valence electrons. The van der Waals surface area contributed by atoms with Crippen LogP contribution in [0.25, 0.3) is 0 Å². The maximum Gasteiger partial charge on any atom is 0.250 e. The molecule has 1 aromatic heterocycles. The lowest BCUT2D eigenvalue weighted by Gasteiger charge is -2.18. The molecule has 0 aliphatic heterocycles. The number of aliphatic imine (C=N–C) groups is 2. The summed E-state index contributed by atoms with van der Waals surface area (Å²) in [6, 6.07) is 5.54. The Labute approximate surface area is 194 Å². The first-order chi connectivity index (χ1) is 15.5. The van der Waals surface area contributed by atoms with Crippen LogP contribution in [0, 0.1) is 12.8 Å². The number of benzene rings is 1. The minimum atomic E-state index is -0.101. The first kappa shape index (κ1) is 23.9. The number of hydroxylamine groups is 1. The molecule has 1 aromatic carbocycles. The number of hydrogen-bond acceptors (Lipinski definition) is 7. The van der Waals surface area contributed by atoms with Gasteiger partial charge < -0.3 is 11.1 Å². The lowest BCUT2D eigenvalue weighted by molar-refractivity contribution is -0.122. The van der Waals surface area contributed by atoms with Gasteiger partial charge >= 0.3 is 0 Å². The Morgan fingerprint density at radius 3 is 2.81 bits per heavy atom. The van der Waals surface area contributed by atoms with Gasteiger partial charge in [0.05, 0.1) is 5.69 Å². The smallest absolute Gasteiger partial charge is 0.250 e. The number of aromatic nitrogens is 2. The lowest BCUT2D eigenvalue weighted by Crippen LogP contribution is -2.23. The summed E-state index contributed by atoms with van der Waals surface area (Å²) in [4.78, 5) is 20.6. The fourth-order valence-electron chi connectivity index (χ4n) is 3.49. The van der Waals surface area contributed by atoms with Gasteiger partial charge in [-0.2, -0.15) is 0 Å². The highest BCUT2D eigenvalue weighted by Crippen LogP contribution is 2.25. The molecule has 10 nitrogen and oxygen atoms in total. The van der Waals surface area contributed by atoms with Crippen molar-refractivity contribution in [1.29, 1.82) is 0 Å². The highest BCUT2D eigenvalue weighted by molar-refractivity contribution is 9.10. The van der Waals surface area contributed by atoms with Crippen LogP contribution in [0.15, 0.2) is 37.3 Å². The van der Waals surface area contributed by atoms with Crippen molar-refractivity contribution in [2.24, 2.45) is 21.6 Å². The number of anilines is 1. The number of amidine groups is 2. The molecule has 1 aliphatic carbocycles. The quantitative estimate of drug-likeness (QED) is 0.182. The molecule has 5 N–H and O–H groups in total. The van der Waals surface area contributed by atoms with Gasteiger partial charge in [0.1, 0.15) is 5.84 Å². The molecule has 1 amide bonds. The van der Waals surface area contributed by atoms with Gasteiger partial charge in [-0.15, -0.1) is 0 Å². The van der Waals surface area contributed by atoms with E-state index in [1.165, 1.54) is 6.42 Å². The summed E-state index contributed by atoms with van der Waals surface area (Å²) in [6.07, 6.45) is 6.27. The van der Waals surface area contributed by atoms with Gasteiger partial charge in [0.15, 0.2) is 11.5 Å². The zero-order valence-corrected chi connectivity index (χ0v) is 19.6. The van der Waals surface area contributed by atoms with Crippen molar-refractivity contribution in [3.05, 3.63) is 33.9 Å². The molecular formula is C21H28BrN7O3. The number of carbonyl (C=O) groups is 1. The monoisotopic (exact) mass is 505 g/mol. The number of amides is 1. The molecule has 32 heavy (non-hydrogen) atoms. The maximum atomic E-state index is 12.2. The van der Waals surface area contributed by atoms with E-state index in [2.05, 4.69) is 41.5 Å². The molecule has 0 radical (unpaired) electrons. The van der Waals surface area contributed by atoms with Crippen LogP contribution in [0.1, 0.15) is 56.2 Å². The molecule has 1 saturated carbocycles. The standard InChI is InChI=1S/C21H28BrN7O3/c1-13-9-10-15(12-16(13)22)25-20(27-31)18-19(29-32-28-18)24-11-5-8-17(23)26-21(30)14-6-3-2-4-7-14/h9-10,12,14,31H,2-8,11H2,1H3,(H,24,29)(H,25,27)(H2,23,26,30). The normalized spacial score (nSPS) is 15.6. The van der Waals surface area contributed by atoms with E-state index in [9.17, 15) is 10.0 Å². The summed E-state index contributed by atoms with van der Waals surface area (Å²) in [6.45, 7) is 2.46. The van der Waals surface area contributed by atoms with E-state index in [1.807, 2.05) is 30.6 Å². The molecule has 0 bridgehead atoms. The average Bonchev–Trinajstić information content (AvgIpc) is 3.26. The highest BCUT2D eigenvalue weighted by Gasteiger charge is 2.21. The molecule has 0 saturated heterocycles. The van der Waals surface area contributed by atoms with Crippen molar-refractivity contribution in [3.63, 3.8) is 0 Å². The second kappa shape index (κ2) is 11.7. The minimum absolute atomic E-state index is 0.0158. The van der Waals surface area contributed by atoms with E-state index in [-0.39, 0.29) is 23.4 Å². The van der Waals surface area contributed by atoms with Crippen LogP contribution in [0.3, 0.4) is 0 Å². The van der Waals surface area contributed by atoms with Crippen LogP contribution >= 0.6 is 15.9 Å². The third-order valence-electron chi connectivity index (χ3n) is 5.33. The first-order valence-corrected chi connectivity index (χ1v) is 11.5. The van der Waals surface area contributed by atoms with Gasteiger partial charge in [0.25, 0.3) is 0 Å². The van der Waals surface area contributed by atoms with Gasteiger partial charge in [-0.3, -0.25) is 15.5 Å². The molecule has 0 unspecified atom stereocenters. The van der Waals surface area contributed by atoms with Gasteiger partial charge in [-0.1, -0.05) is 41.3 Å². The van der Waals surface area contributed by atoms with E-state index >= 15 is 0 Å². The Morgan fingerprint density at radius 1 is 1.31 bits per heavy atom. The molecule has 2 aromatic rings. The molecule has 0 atom stereocenters. The Hall–Kier alpha value is -2.79. The molecule has 0 spiro atoms. The number of rotatable bonds is 8. The van der Waals surface area contributed by atoms with E-state index < -0.39 is 0 Å². The van der Waals surface area contributed by atoms with Crippen LogP contribution in [0.2, 0.25) is 0 Å². The topological polar surface area (TPSA) is 151 Å². The van der Waals surface area contributed by atoms with Crippen molar-refractivity contribution in [1.82, 2.24) is 15.8 Å². The first-order valence-electron chi connectivity index (χ1n) is 10.7. The van der Waals surface area contributed by atoms with Crippen LogP contribution in [-0.2, 0) is 4.79 Å². The van der Waals surface area contributed by atoms with E-state index in [0.717, 1.165) is 35.7 Å². The number of aryl methyl sites for hydroxylation is 1. The fourth-order valence-corrected chi connectivity index (χ4v) is 3.85. The number of nitrogens with zero attached hydrogens (tertiary/aromatic N) is 4. The van der Waals surface area contributed by atoms with Crippen molar-refractivity contribution in [3.8, 4) is 0 Å². The SMILES string of the molecule is Cc1ccc(N=C(NO)c2nonc2NCCCC(N)=NC(=O)C2CCCCC2)cc1Br. The summed E-state index contributed by atoms with van der Waals surface area (Å²) < 4.78 is 5.71. The summed E-state index contributed by atoms with van der Waals surface area (Å²) >= 11 is 3.46. The van der Waals surface area contributed by atoms with Gasteiger partial charge in [0, 0.05) is 23.4 Å². The van der Waals surface area contributed by atoms with Crippen LogP contribution in [0.4, 0.5) is 11.5 Å². The van der Waals surface area contributed by atoms with Gasteiger partial charge in [0.2, 0.25) is 11.7 Å². The van der Waals surface area contributed by atoms with E-state index in [0.29, 0.717) is 36.7 Å². The Morgan fingerprint density at radius 2 is 2.09 bits per heavy atom. The zero-order chi connectivity index (χ0) is 22.9. The largest absolute Gasteiger partial charge is 0.387 e. The van der Waals surface area contributed by atoms with E-state index in [4.69, 9.17) is 10.4 Å². The fraction of sp³-hybridized carbons (Fsp3) is 0.476. The summed E-state index contributed by atoms with van der Waals surface area (Å²) in [5.41, 5.74) is 9.89. The third kappa shape index (κ3) is 6.60. The van der Waals surface area contributed by atoms with Crippen LogP contribution < -0.4 is 16.5 Å². The highest BCUT2D eigenvalue weighted by atomic mass is 79.9. The minimum Gasteiger partial charge on any atom is -0.387 e. The molecule has 1 aliphatic rings. The Bertz CT molecular complexity index is 984. The Kier molecular flexibility index (Phi) is 8.74.